The molecule has 0 fully saturated rings. The van der Waals surface area contributed by atoms with Gasteiger partial charge in [-0.15, -0.1) is 0 Å². The summed E-state index contributed by atoms with van der Waals surface area (Å²) in [5.74, 6) is -1.72. The molecule has 1 atom stereocenters. The molecule has 3 rings (SSSR count). The molecule has 0 radical (unpaired) electrons. The van der Waals surface area contributed by atoms with Crippen LogP contribution >= 0.6 is 0 Å². The summed E-state index contributed by atoms with van der Waals surface area (Å²) in [5, 5.41) is 0. The van der Waals surface area contributed by atoms with Crippen molar-refractivity contribution in [3.05, 3.63) is 66.0 Å². The number of nitrogens with zero attached hydrogens (tertiary/aromatic N) is 2. The Balaban J connectivity index is 2.13. The molecule has 0 N–H and O–H groups in total. The molecule has 4 heteroatoms. The summed E-state index contributed by atoms with van der Waals surface area (Å²) in [5.41, 5.74) is 2.14. The lowest BCUT2D eigenvalue weighted by atomic mass is 10.1. The monoisotopic (exact) mass is 258 g/mol. The van der Waals surface area contributed by atoms with Crippen LogP contribution in [0.5, 0.6) is 0 Å². The van der Waals surface area contributed by atoms with Gasteiger partial charge in [0.05, 0.1) is 23.4 Å². The van der Waals surface area contributed by atoms with Crippen molar-refractivity contribution in [1.29, 1.82) is 0 Å². The highest BCUT2D eigenvalue weighted by atomic mass is 19.2. The fraction of sp³-hybridized carbons (Fsp3) is 0.133. The summed E-state index contributed by atoms with van der Waals surface area (Å²) >= 11 is 0. The Morgan fingerprint density at radius 3 is 2.47 bits per heavy atom. The Morgan fingerprint density at radius 2 is 1.74 bits per heavy atom. The smallest absolute Gasteiger partial charge is 0.161 e. The predicted octanol–water partition coefficient (Wildman–Crippen LogP) is 3.92. The molecule has 0 saturated heterocycles. The minimum atomic E-state index is -0.870. The molecular formula is C15H12F2N2. The van der Waals surface area contributed by atoms with Gasteiger partial charge in [-0.25, -0.2) is 13.8 Å². The number of hydrogen-bond acceptors (Lipinski definition) is 1. The molecule has 0 amide bonds. The summed E-state index contributed by atoms with van der Waals surface area (Å²) in [4.78, 5) is 4.12. The van der Waals surface area contributed by atoms with E-state index < -0.39 is 11.6 Å². The van der Waals surface area contributed by atoms with E-state index in [1.165, 1.54) is 6.07 Å². The van der Waals surface area contributed by atoms with E-state index in [-0.39, 0.29) is 6.04 Å². The first-order chi connectivity index (χ1) is 9.16. The highest BCUT2D eigenvalue weighted by Crippen LogP contribution is 2.24. The van der Waals surface area contributed by atoms with Crippen molar-refractivity contribution < 1.29 is 8.78 Å². The zero-order valence-electron chi connectivity index (χ0n) is 10.3. The van der Waals surface area contributed by atoms with Gasteiger partial charge in [-0.2, -0.15) is 0 Å². The number of halogens is 2. The second-order valence-electron chi connectivity index (χ2n) is 4.49. The van der Waals surface area contributed by atoms with Crippen LogP contribution in [0.15, 0.2) is 48.8 Å². The largest absolute Gasteiger partial charge is 0.323 e. The molecule has 0 saturated carbocycles. The highest BCUT2D eigenvalue weighted by molar-refractivity contribution is 5.75. The summed E-state index contributed by atoms with van der Waals surface area (Å²) in [7, 11) is 0. The SMILES string of the molecule is CC(c1ccccc1)n1cnc2cc(F)c(F)cc21. The van der Waals surface area contributed by atoms with Crippen LogP contribution in [0.1, 0.15) is 18.5 Å². The average molecular weight is 258 g/mol. The highest BCUT2D eigenvalue weighted by Gasteiger charge is 2.13. The molecule has 0 aliphatic rings. The fourth-order valence-electron chi connectivity index (χ4n) is 2.22. The van der Waals surface area contributed by atoms with Crippen LogP contribution in [0, 0.1) is 11.6 Å². The third kappa shape index (κ3) is 1.99. The standard InChI is InChI=1S/C15H12F2N2/c1-10(11-5-3-2-4-6-11)19-9-18-14-7-12(16)13(17)8-15(14)19/h2-10H,1H3. The van der Waals surface area contributed by atoms with Gasteiger partial charge in [0.2, 0.25) is 0 Å². The van der Waals surface area contributed by atoms with Gasteiger partial charge in [0.15, 0.2) is 11.6 Å². The van der Waals surface area contributed by atoms with Crippen molar-refractivity contribution in [2.45, 2.75) is 13.0 Å². The first-order valence-electron chi connectivity index (χ1n) is 6.03. The molecule has 0 aliphatic heterocycles. The van der Waals surface area contributed by atoms with Gasteiger partial charge >= 0.3 is 0 Å². The van der Waals surface area contributed by atoms with Crippen molar-refractivity contribution in [2.24, 2.45) is 0 Å². The Kier molecular flexibility index (Phi) is 2.78. The maximum absolute atomic E-state index is 13.4. The van der Waals surface area contributed by atoms with Crippen LogP contribution in [0.3, 0.4) is 0 Å². The van der Waals surface area contributed by atoms with Gasteiger partial charge in [0.1, 0.15) is 0 Å². The molecule has 1 unspecified atom stereocenters. The Morgan fingerprint density at radius 1 is 1.05 bits per heavy atom. The lowest BCUT2D eigenvalue weighted by Crippen LogP contribution is -2.05. The van der Waals surface area contributed by atoms with E-state index in [0.717, 1.165) is 11.6 Å². The number of rotatable bonds is 2. The van der Waals surface area contributed by atoms with Crippen LogP contribution in [0.4, 0.5) is 8.78 Å². The quantitative estimate of drug-likeness (QED) is 0.681. The lowest BCUT2D eigenvalue weighted by Gasteiger charge is -2.14. The first-order valence-corrected chi connectivity index (χ1v) is 6.03. The molecule has 19 heavy (non-hydrogen) atoms. The van der Waals surface area contributed by atoms with E-state index in [4.69, 9.17) is 0 Å². The van der Waals surface area contributed by atoms with Crippen molar-refractivity contribution in [3.63, 3.8) is 0 Å². The molecular weight excluding hydrogens is 246 g/mol. The van der Waals surface area contributed by atoms with Crippen LogP contribution in [0.25, 0.3) is 11.0 Å². The van der Waals surface area contributed by atoms with Crippen molar-refractivity contribution in [3.8, 4) is 0 Å². The summed E-state index contributed by atoms with van der Waals surface area (Å²) < 4.78 is 28.4. The minimum Gasteiger partial charge on any atom is -0.323 e. The molecule has 3 aromatic rings. The maximum Gasteiger partial charge on any atom is 0.161 e. The third-order valence-electron chi connectivity index (χ3n) is 3.32. The normalized spacial score (nSPS) is 12.8. The zero-order valence-corrected chi connectivity index (χ0v) is 10.3. The molecule has 2 aromatic carbocycles. The van der Waals surface area contributed by atoms with Crippen LogP contribution in [-0.2, 0) is 0 Å². The Labute approximate surface area is 109 Å². The second-order valence-corrected chi connectivity index (χ2v) is 4.49. The summed E-state index contributed by atoms with van der Waals surface area (Å²) in [6, 6.07) is 12.2. The van der Waals surface area contributed by atoms with Crippen molar-refractivity contribution >= 4 is 11.0 Å². The van der Waals surface area contributed by atoms with Gasteiger partial charge in [-0.3, -0.25) is 0 Å². The topological polar surface area (TPSA) is 17.8 Å². The van der Waals surface area contributed by atoms with E-state index in [1.807, 2.05) is 41.8 Å². The van der Waals surface area contributed by atoms with E-state index in [9.17, 15) is 8.78 Å². The minimum absolute atomic E-state index is 0.0102. The molecule has 96 valence electrons. The van der Waals surface area contributed by atoms with Crippen LogP contribution in [0.2, 0.25) is 0 Å². The average Bonchev–Trinajstić information content (AvgIpc) is 2.82. The van der Waals surface area contributed by atoms with Gasteiger partial charge in [-0.05, 0) is 12.5 Å². The van der Waals surface area contributed by atoms with Crippen LogP contribution < -0.4 is 0 Å². The van der Waals surface area contributed by atoms with Gasteiger partial charge in [0, 0.05) is 12.1 Å². The lowest BCUT2D eigenvalue weighted by molar-refractivity contribution is 0.510. The number of aromatic nitrogens is 2. The summed E-state index contributed by atoms with van der Waals surface area (Å²) in [6.07, 6.45) is 1.61. The number of hydrogen-bond donors (Lipinski definition) is 0. The number of benzene rings is 2. The van der Waals surface area contributed by atoms with Gasteiger partial charge in [-0.1, -0.05) is 30.3 Å². The van der Waals surface area contributed by atoms with E-state index in [2.05, 4.69) is 4.98 Å². The second kappa shape index (κ2) is 4.46. The third-order valence-corrected chi connectivity index (χ3v) is 3.32. The number of imidazole rings is 1. The number of fused-ring (bicyclic) bond motifs is 1. The summed E-state index contributed by atoms with van der Waals surface area (Å²) in [6.45, 7) is 2.00. The first kappa shape index (κ1) is 11.8. The van der Waals surface area contributed by atoms with Gasteiger partial charge in [0.25, 0.3) is 0 Å². The molecule has 0 bridgehead atoms. The maximum atomic E-state index is 13.4. The van der Waals surface area contributed by atoms with E-state index in [0.29, 0.717) is 11.0 Å². The predicted molar refractivity (Wildman–Crippen MR) is 69.9 cm³/mol. The Hall–Kier alpha value is -2.23. The molecule has 0 aliphatic carbocycles. The molecule has 2 nitrogen and oxygen atoms in total. The Bertz CT molecular complexity index is 720. The van der Waals surface area contributed by atoms with Gasteiger partial charge < -0.3 is 4.57 Å². The van der Waals surface area contributed by atoms with E-state index in [1.54, 1.807) is 6.33 Å². The molecule has 1 aromatic heterocycles. The molecule has 1 heterocycles. The van der Waals surface area contributed by atoms with Crippen LogP contribution in [-0.4, -0.2) is 9.55 Å². The fourth-order valence-corrected chi connectivity index (χ4v) is 2.22. The zero-order chi connectivity index (χ0) is 13.4. The van der Waals surface area contributed by atoms with Crippen molar-refractivity contribution in [1.82, 2.24) is 9.55 Å². The van der Waals surface area contributed by atoms with E-state index >= 15 is 0 Å². The van der Waals surface area contributed by atoms with Crippen molar-refractivity contribution in [2.75, 3.05) is 0 Å². The molecule has 0 spiro atoms.